The molecule has 1 N–H and O–H groups in total. The van der Waals surface area contributed by atoms with E-state index < -0.39 is 5.97 Å². The third-order valence-electron chi connectivity index (χ3n) is 1.47. The van der Waals surface area contributed by atoms with E-state index in [1.807, 2.05) is 0 Å². The SMILES string of the molecule is O=C(O)CN1CCC(=O)C1. The third kappa shape index (κ3) is 1.80. The molecule has 0 aromatic rings. The van der Waals surface area contributed by atoms with Crippen molar-refractivity contribution in [3.63, 3.8) is 0 Å². The molecule has 1 heterocycles. The van der Waals surface area contributed by atoms with Crippen molar-refractivity contribution in [2.24, 2.45) is 0 Å². The number of hydrogen-bond acceptors (Lipinski definition) is 3. The van der Waals surface area contributed by atoms with Gasteiger partial charge in [-0.15, -0.1) is 0 Å². The fraction of sp³-hybridized carbons (Fsp3) is 0.667. The molecule has 0 aliphatic carbocycles. The molecule has 1 fully saturated rings. The fourth-order valence-electron chi connectivity index (χ4n) is 1.02. The van der Waals surface area contributed by atoms with Crippen molar-refractivity contribution in [2.75, 3.05) is 19.6 Å². The molecule has 1 aliphatic heterocycles. The first-order chi connectivity index (χ1) is 4.68. The summed E-state index contributed by atoms with van der Waals surface area (Å²) in [5.41, 5.74) is 0. The van der Waals surface area contributed by atoms with Crippen LogP contribution in [0, 0.1) is 0 Å². The fourth-order valence-corrected chi connectivity index (χ4v) is 1.02. The van der Waals surface area contributed by atoms with Gasteiger partial charge in [0, 0.05) is 13.0 Å². The zero-order valence-corrected chi connectivity index (χ0v) is 5.54. The van der Waals surface area contributed by atoms with Gasteiger partial charge in [-0.1, -0.05) is 0 Å². The lowest BCUT2D eigenvalue weighted by molar-refractivity contribution is -0.138. The normalized spacial score (nSPS) is 19.8. The Bertz CT molecular complexity index is 166. The van der Waals surface area contributed by atoms with Gasteiger partial charge in [-0.3, -0.25) is 14.5 Å². The van der Waals surface area contributed by atoms with Crippen LogP contribution in [0.2, 0.25) is 0 Å². The highest BCUT2D eigenvalue weighted by atomic mass is 16.4. The maximum absolute atomic E-state index is 10.6. The molecule has 0 spiro atoms. The van der Waals surface area contributed by atoms with Crippen LogP contribution in [0.1, 0.15) is 6.42 Å². The van der Waals surface area contributed by atoms with E-state index in [4.69, 9.17) is 5.11 Å². The Balaban J connectivity index is 2.31. The number of hydrogen-bond donors (Lipinski definition) is 1. The minimum absolute atomic E-state index is 0.00819. The Morgan fingerprint density at radius 3 is 2.80 bits per heavy atom. The summed E-state index contributed by atoms with van der Waals surface area (Å²) in [5, 5.41) is 8.31. The van der Waals surface area contributed by atoms with Gasteiger partial charge >= 0.3 is 5.97 Å². The van der Waals surface area contributed by atoms with Crippen molar-refractivity contribution in [1.29, 1.82) is 0 Å². The van der Waals surface area contributed by atoms with Crippen LogP contribution >= 0.6 is 0 Å². The van der Waals surface area contributed by atoms with Crippen LogP contribution in [0.4, 0.5) is 0 Å². The molecule has 1 saturated heterocycles. The summed E-state index contributed by atoms with van der Waals surface area (Å²) in [6, 6.07) is 0. The number of carboxylic acid groups (broad SMARTS) is 1. The van der Waals surface area contributed by atoms with E-state index in [0.717, 1.165) is 0 Å². The number of ketones is 1. The summed E-state index contributed by atoms with van der Waals surface area (Å²) in [6.45, 7) is 0.906. The van der Waals surface area contributed by atoms with Gasteiger partial charge < -0.3 is 5.11 Å². The standard InChI is InChI=1S/C6H9NO3/c8-5-1-2-7(3-5)4-6(9)10/h1-4H2,(H,9,10). The predicted molar refractivity (Wildman–Crippen MR) is 33.7 cm³/mol. The van der Waals surface area contributed by atoms with Gasteiger partial charge in [-0.05, 0) is 0 Å². The van der Waals surface area contributed by atoms with E-state index in [-0.39, 0.29) is 12.3 Å². The molecule has 0 aromatic heterocycles. The zero-order valence-electron chi connectivity index (χ0n) is 5.54. The molecular weight excluding hydrogens is 134 g/mol. The lowest BCUT2D eigenvalue weighted by Gasteiger charge is -2.08. The highest BCUT2D eigenvalue weighted by molar-refractivity contribution is 5.83. The quantitative estimate of drug-likeness (QED) is 0.557. The molecule has 0 saturated carbocycles. The second-order valence-electron chi connectivity index (χ2n) is 2.39. The molecule has 56 valence electrons. The van der Waals surface area contributed by atoms with Crippen molar-refractivity contribution in [3.05, 3.63) is 0 Å². The van der Waals surface area contributed by atoms with Gasteiger partial charge in [0.1, 0.15) is 5.78 Å². The molecule has 0 unspecified atom stereocenters. The number of nitrogens with zero attached hydrogens (tertiary/aromatic N) is 1. The summed E-state index contributed by atoms with van der Waals surface area (Å²) < 4.78 is 0. The number of carbonyl (C=O) groups excluding carboxylic acids is 1. The van der Waals surface area contributed by atoms with E-state index in [1.54, 1.807) is 4.90 Å². The van der Waals surface area contributed by atoms with Crippen molar-refractivity contribution < 1.29 is 14.7 Å². The first-order valence-electron chi connectivity index (χ1n) is 3.14. The Hall–Kier alpha value is -0.900. The number of carbonyl (C=O) groups is 2. The zero-order chi connectivity index (χ0) is 7.56. The monoisotopic (exact) mass is 143 g/mol. The largest absolute Gasteiger partial charge is 0.480 e. The topological polar surface area (TPSA) is 57.6 Å². The first kappa shape index (κ1) is 7.21. The van der Waals surface area contributed by atoms with Gasteiger partial charge in [0.05, 0.1) is 13.1 Å². The summed E-state index contributed by atoms with van der Waals surface area (Å²) in [4.78, 5) is 22.3. The Morgan fingerprint density at radius 2 is 2.40 bits per heavy atom. The smallest absolute Gasteiger partial charge is 0.317 e. The van der Waals surface area contributed by atoms with Gasteiger partial charge in [0.25, 0.3) is 0 Å². The summed E-state index contributed by atoms with van der Waals surface area (Å²) in [7, 11) is 0. The Labute approximate surface area is 58.4 Å². The molecule has 0 amide bonds. The number of aliphatic carboxylic acids is 1. The molecule has 1 rings (SSSR count). The average Bonchev–Trinajstić information content (AvgIpc) is 2.13. The number of likely N-dealkylation sites (tertiary alicyclic amines) is 1. The molecule has 0 radical (unpaired) electrons. The molecule has 4 nitrogen and oxygen atoms in total. The molecule has 1 aliphatic rings. The van der Waals surface area contributed by atoms with Gasteiger partial charge in [-0.25, -0.2) is 0 Å². The molecular formula is C6H9NO3. The maximum Gasteiger partial charge on any atom is 0.317 e. The second kappa shape index (κ2) is 2.79. The van der Waals surface area contributed by atoms with Crippen LogP contribution in [-0.2, 0) is 9.59 Å². The maximum atomic E-state index is 10.6. The number of Topliss-reactive ketones (excluding diaryl/α,β-unsaturated/α-hetero) is 1. The number of rotatable bonds is 2. The van der Waals surface area contributed by atoms with E-state index in [2.05, 4.69) is 0 Å². The highest BCUT2D eigenvalue weighted by Crippen LogP contribution is 2.02. The summed E-state index contributed by atoms with van der Waals surface area (Å²) >= 11 is 0. The average molecular weight is 143 g/mol. The van der Waals surface area contributed by atoms with Gasteiger partial charge in [0.15, 0.2) is 0 Å². The van der Waals surface area contributed by atoms with Crippen LogP contribution in [0.25, 0.3) is 0 Å². The van der Waals surface area contributed by atoms with Crippen molar-refractivity contribution in [1.82, 2.24) is 4.90 Å². The van der Waals surface area contributed by atoms with E-state index in [0.29, 0.717) is 19.5 Å². The Kier molecular flexibility index (Phi) is 2.01. The van der Waals surface area contributed by atoms with Crippen LogP contribution in [0.15, 0.2) is 0 Å². The van der Waals surface area contributed by atoms with Crippen LogP contribution in [0.5, 0.6) is 0 Å². The van der Waals surface area contributed by atoms with Gasteiger partial charge in [-0.2, -0.15) is 0 Å². The Morgan fingerprint density at radius 1 is 1.70 bits per heavy atom. The number of carboxylic acids is 1. The van der Waals surface area contributed by atoms with Crippen molar-refractivity contribution in [2.45, 2.75) is 6.42 Å². The molecule has 4 heteroatoms. The van der Waals surface area contributed by atoms with Gasteiger partial charge in [0.2, 0.25) is 0 Å². The highest BCUT2D eigenvalue weighted by Gasteiger charge is 2.20. The van der Waals surface area contributed by atoms with Crippen LogP contribution in [-0.4, -0.2) is 41.4 Å². The molecule has 0 atom stereocenters. The van der Waals surface area contributed by atoms with Crippen LogP contribution < -0.4 is 0 Å². The van der Waals surface area contributed by atoms with Crippen molar-refractivity contribution in [3.8, 4) is 0 Å². The lowest BCUT2D eigenvalue weighted by Crippen LogP contribution is -2.27. The minimum Gasteiger partial charge on any atom is -0.480 e. The van der Waals surface area contributed by atoms with Crippen LogP contribution in [0.3, 0.4) is 0 Å². The van der Waals surface area contributed by atoms with Crippen molar-refractivity contribution >= 4 is 11.8 Å². The summed E-state index contributed by atoms with van der Waals surface area (Å²) in [5.74, 6) is -0.726. The minimum atomic E-state index is -0.866. The molecule has 0 aromatic carbocycles. The van der Waals surface area contributed by atoms with E-state index in [9.17, 15) is 9.59 Å². The van der Waals surface area contributed by atoms with E-state index in [1.165, 1.54) is 0 Å². The van der Waals surface area contributed by atoms with E-state index >= 15 is 0 Å². The predicted octanol–water partition coefficient (Wildman–Crippen LogP) is -0.654. The lowest BCUT2D eigenvalue weighted by atomic mass is 10.4. The second-order valence-corrected chi connectivity index (χ2v) is 2.39. The first-order valence-corrected chi connectivity index (χ1v) is 3.14. The molecule has 0 bridgehead atoms. The summed E-state index contributed by atoms with van der Waals surface area (Å²) in [6.07, 6.45) is 0.507. The molecule has 10 heavy (non-hydrogen) atoms. The third-order valence-corrected chi connectivity index (χ3v) is 1.47.